The van der Waals surface area contributed by atoms with E-state index in [2.05, 4.69) is 9.97 Å². The van der Waals surface area contributed by atoms with Crippen LogP contribution >= 0.6 is 0 Å². The highest BCUT2D eigenvalue weighted by Crippen LogP contribution is 2.23. The molecule has 20 heavy (non-hydrogen) atoms. The number of rotatable bonds is 5. The van der Waals surface area contributed by atoms with Gasteiger partial charge in [-0.05, 0) is 31.2 Å². The highest BCUT2D eigenvalue weighted by molar-refractivity contribution is 5.75. The Morgan fingerprint density at radius 3 is 2.85 bits per heavy atom. The molecule has 1 aromatic carbocycles. The molecule has 0 spiro atoms. The summed E-state index contributed by atoms with van der Waals surface area (Å²) in [5.74, 6) is -0.644. The predicted molar refractivity (Wildman–Crippen MR) is 71.6 cm³/mol. The zero-order valence-electron chi connectivity index (χ0n) is 11.3. The number of aromatic nitrogens is 2. The van der Waals surface area contributed by atoms with E-state index in [1.807, 2.05) is 0 Å². The summed E-state index contributed by atoms with van der Waals surface area (Å²) in [6.45, 7) is 1.98. The van der Waals surface area contributed by atoms with Gasteiger partial charge in [0.2, 0.25) is 0 Å². The van der Waals surface area contributed by atoms with Crippen molar-refractivity contribution in [3.05, 3.63) is 53.4 Å². The van der Waals surface area contributed by atoms with Crippen LogP contribution in [0.25, 0.3) is 0 Å². The van der Waals surface area contributed by atoms with Gasteiger partial charge in [-0.25, -0.2) is 9.37 Å². The second-order valence-corrected chi connectivity index (χ2v) is 4.70. The summed E-state index contributed by atoms with van der Waals surface area (Å²) < 4.78 is 13.3. The summed E-state index contributed by atoms with van der Waals surface area (Å²) in [4.78, 5) is 20.1. The molecule has 2 rings (SSSR count). The molecule has 1 atom stereocenters. The minimum absolute atomic E-state index is 0.341. The smallest absolute Gasteiger partial charge is 0.325 e. The number of aromatic amines is 1. The molecule has 2 N–H and O–H groups in total. The number of carboxylic acid groups (broad SMARTS) is 1. The van der Waals surface area contributed by atoms with Crippen LogP contribution in [0.1, 0.15) is 23.0 Å². The third-order valence-corrected chi connectivity index (χ3v) is 3.13. The topological polar surface area (TPSA) is 69.2 Å². The summed E-state index contributed by atoms with van der Waals surface area (Å²) in [6, 6.07) is 3.51. The number of hydrogen-bond donors (Lipinski definition) is 2. The first kappa shape index (κ1) is 14.2. The minimum Gasteiger partial charge on any atom is -0.480 e. The number of nitrogens with one attached hydrogen (secondary N) is 1. The molecule has 2 aromatic rings. The van der Waals surface area contributed by atoms with Crippen molar-refractivity contribution < 1.29 is 14.3 Å². The van der Waals surface area contributed by atoms with Gasteiger partial charge in [0.15, 0.2) is 0 Å². The summed E-state index contributed by atoms with van der Waals surface area (Å²) in [6.07, 6.45) is 3.29. The highest BCUT2D eigenvalue weighted by atomic mass is 19.1. The number of aliphatic carboxylic acids is 1. The fraction of sp³-hybridized carbons (Fsp3) is 0.286. The van der Waals surface area contributed by atoms with E-state index in [-0.39, 0.29) is 5.82 Å². The van der Waals surface area contributed by atoms with Crippen LogP contribution in [-0.2, 0) is 11.3 Å². The summed E-state index contributed by atoms with van der Waals surface area (Å²) in [5.41, 5.74) is 0.977. The van der Waals surface area contributed by atoms with Crippen LogP contribution in [0.15, 0.2) is 30.6 Å². The Morgan fingerprint density at radius 1 is 1.55 bits per heavy atom. The summed E-state index contributed by atoms with van der Waals surface area (Å²) >= 11 is 0. The quantitative estimate of drug-likeness (QED) is 0.878. The first-order chi connectivity index (χ1) is 9.49. The molecule has 0 saturated heterocycles. The number of imidazole rings is 1. The molecule has 106 valence electrons. The number of likely N-dealkylation sites (N-methyl/N-ethyl adjacent to an activating group) is 1. The number of halogens is 1. The van der Waals surface area contributed by atoms with E-state index in [1.165, 1.54) is 12.1 Å². The summed E-state index contributed by atoms with van der Waals surface area (Å²) in [5, 5.41) is 9.42. The Morgan fingerprint density at radius 2 is 2.30 bits per heavy atom. The van der Waals surface area contributed by atoms with Crippen molar-refractivity contribution >= 4 is 5.97 Å². The molecular formula is C14H16FN3O2. The van der Waals surface area contributed by atoms with E-state index < -0.39 is 12.0 Å². The maximum atomic E-state index is 13.3. The monoisotopic (exact) mass is 277 g/mol. The van der Waals surface area contributed by atoms with Gasteiger partial charge in [0.05, 0.1) is 6.54 Å². The SMILES string of the molecule is Cc1cc(C(C(=O)O)N(C)Cc2ncc[nH]2)ccc1F. The Hall–Kier alpha value is -2.21. The molecule has 1 unspecified atom stereocenters. The van der Waals surface area contributed by atoms with Gasteiger partial charge in [-0.3, -0.25) is 9.69 Å². The van der Waals surface area contributed by atoms with E-state index in [0.29, 0.717) is 23.5 Å². The molecule has 0 aliphatic heterocycles. The number of carboxylic acids is 1. The van der Waals surface area contributed by atoms with Crippen molar-refractivity contribution in [3.63, 3.8) is 0 Å². The molecular weight excluding hydrogens is 261 g/mol. The third-order valence-electron chi connectivity index (χ3n) is 3.13. The second kappa shape index (κ2) is 5.83. The van der Waals surface area contributed by atoms with E-state index in [4.69, 9.17) is 0 Å². The van der Waals surface area contributed by atoms with Crippen LogP contribution in [-0.4, -0.2) is 33.0 Å². The Bertz CT molecular complexity index is 598. The van der Waals surface area contributed by atoms with Crippen molar-refractivity contribution in [2.45, 2.75) is 19.5 Å². The molecule has 5 nitrogen and oxygen atoms in total. The van der Waals surface area contributed by atoms with Crippen LogP contribution in [0, 0.1) is 12.7 Å². The van der Waals surface area contributed by atoms with Crippen LogP contribution < -0.4 is 0 Å². The van der Waals surface area contributed by atoms with Crippen molar-refractivity contribution in [2.75, 3.05) is 7.05 Å². The molecule has 1 aromatic heterocycles. The van der Waals surface area contributed by atoms with Gasteiger partial charge in [-0.1, -0.05) is 12.1 Å². The van der Waals surface area contributed by atoms with Gasteiger partial charge in [0.1, 0.15) is 17.7 Å². The van der Waals surface area contributed by atoms with Crippen LogP contribution in [0.5, 0.6) is 0 Å². The van der Waals surface area contributed by atoms with Crippen LogP contribution in [0.3, 0.4) is 0 Å². The molecule has 0 fully saturated rings. The van der Waals surface area contributed by atoms with Gasteiger partial charge in [-0.2, -0.15) is 0 Å². The summed E-state index contributed by atoms with van der Waals surface area (Å²) in [7, 11) is 1.69. The lowest BCUT2D eigenvalue weighted by Gasteiger charge is -2.24. The Balaban J connectivity index is 2.26. The van der Waals surface area contributed by atoms with E-state index in [0.717, 1.165) is 0 Å². The Labute approximate surface area is 116 Å². The molecule has 0 bridgehead atoms. The molecule has 0 aliphatic carbocycles. The first-order valence-electron chi connectivity index (χ1n) is 6.16. The zero-order chi connectivity index (χ0) is 14.7. The number of H-pyrrole nitrogens is 1. The third kappa shape index (κ3) is 3.03. The number of nitrogens with zero attached hydrogens (tertiary/aromatic N) is 2. The average molecular weight is 277 g/mol. The van der Waals surface area contributed by atoms with E-state index >= 15 is 0 Å². The van der Waals surface area contributed by atoms with Gasteiger partial charge in [0, 0.05) is 12.4 Å². The number of benzene rings is 1. The standard InChI is InChI=1S/C14H16FN3O2/c1-9-7-10(3-4-11(9)15)13(14(19)20)18(2)8-12-16-5-6-17-12/h3-7,13H,8H2,1-2H3,(H,16,17)(H,19,20). The lowest BCUT2D eigenvalue weighted by atomic mass is 10.0. The lowest BCUT2D eigenvalue weighted by molar-refractivity contribution is -0.143. The van der Waals surface area contributed by atoms with Gasteiger partial charge < -0.3 is 10.1 Å². The van der Waals surface area contributed by atoms with Gasteiger partial charge >= 0.3 is 5.97 Å². The van der Waals surface area contributed by atoms with E-state index in [1.54, 1.807) is 37.3 Å². The number of aryl methyl sites for hydroxylation is 1. The fourth-order valence-corrected chi connectivity index (χ4v) is 2.14. The van der Waals surface area contributed by atoms with Gasteiger partial charge in [0.25, 0.3) is 0 Å². The van der Waals surface area contributed by atoms with E-state index in [9.17, 15) is 14.3 Å². The zero-order valence-corrected chi connectivity index (χ0v) is 11.3. The second-order valence-electron chi connectivity index (χ2n) is 4.70. The first-order valence-corrected chi connectivity index (χ1v) is 6.16. The van der Waals surface area contributed by atoms with Gasteiger partial charge in [-0.15, -0.1) is 0 Å². The molecule has 0 radical (unpaired) electrons. The molecule has 0 aliphatic rings. The van der Waals surface area contributed by atoms with Crippen molar-refractivity contribution in [1.82, 2.24) is 14.9 Å². The van der Waals surface area contributed by atoms with Crippen LogP contribution in [0.2, 0.25) is 0 Å². The maximum Gasteiger partial charge on any atom is 0.325 e. The normalized spacial score (nSPS) is 12.6. The largest absolute Gasteiger partial charge is 0.480 e. The highest BCUT2D eigenvalue weighted by Gasteiger charge is 2.25. The fourth-order valence-electron chi connectivity index (χ4n) is 2.14. The number of carbonyl (C=O) groups is 1. The maximum absolute atomic E-state index is 13.3. The predicted octanol–water partition coefficient (Wildman–Crippen LogP) is 2.11. The molecule has 0 saturated carbocycles. The Kier molecular flexibility index (Phi) is 4.14. The molecule has 0 amide bonds. The van der Waals surface area contributed by atoms with Crippen molar-refractivity contribution in [1.29, 1.82) is 0 Å². The number of hydrogen-bond acceptors (Lipinski definition) is 3. The molecule has 1 heterocycles. The van der Waals surface area contributed by atoms with Crippen molar-refractivity contribution in [2.24, 2.45) is 0 Å². The minimum atomic E-state index is -0.981. The van der Waals surface area contributed by atoms with Crippen LogP contribution in [0.4, 0.5) is 4.39 Å². The lowest BCUT2D eigenvalue weighted by Crippen LogP contribution is -2.31. The van der Waals surface area contributed by atoms with Crippen molar-refractivity contribution in [3.8, 4) is 0 Å². The molecule has 6 heteroatoms. The average Bonchev–Trinajstić information content (AvgIpc) is 2.86.